The van der Waals surface area contributed by atoms with Crippen molar-refractivity contribution in [3.8, 4) is 11.5 Å². The highest BCUT2D eigenvalue weighted by Crippen LogP contribution is 2.44. The first kappa shape index (κ1) is 20.9. The van der Waals surface area contributed by atoms with Gasteiger partial charge in [-0.2, -0.15) is 0 Å². The molecule has 0 aliphatic carbocycles. The maximum atomic E-state index is 12.5. The monoisotopic (exact) mass is 391 g/mol. The number of carbonyl (C=O) groups is 2. The van der Waals surface area contributed by atoms with Crippen molar-refractivity contribution < 1.29 is 33.8 Å². The smallest absolute Gasteiger partial charge is 0.336 e. The Labute approximate surface area is 160 Å². The molecule has 1 aromatic rings. The Kier molecular flexibility index (Phi) is 6.02. The Hall–Kier alpha value is -3.43. The van der Waals surface area contributed by atoms with E-state index in [2.05, 4.69) is 4.99 Å². The van der Waals surface area contributed by atoms with Crippen LogP contribution in [0.4, 0.5) is 5.69 Å². The number of benzene rings is 1. The predicted molar refractivity (Wildman–Crippen MR) is 95.2 cm³/mol. The van der Waals surface area contributed by atoms with Crippen LogP contribution in [0.15, 0.2) is 28.4 Å². The molecule has 150 valence electrons. The number of ether oxygens (including phenoxy) is 3. The van der Waals surface area contributed by atoms with Gasteiger partial charge in [0, 0.05) is 29.1 Å². The third kappa shape index (κ3) is 3.53. The molecule has 1 aromatic carbocycles. The van der Waals surface area contributed by atoms with Gasteiger partial charge in [-0.15, -0.1) is 0 Å². The highest BCUT2D eigenvalue weighted by atomic mass is 16.6. The van der Waals surface area contributed by atoms with Crippen molar-refractivity contribution in [3.63, 3.8) is 0 Å². The quantitative estimate of drug-likeness (QED) is 0.417. The average molecular weight is 391 g/mol. The summed E-state index contributed by atoms with van der Waals surface area (Å²) in [5.74, 6) is -4.68. The molecule has 2 atom stereocenters. The fraction of sp³-hybridized carbons (Fsp3) is 0.389. The van der Waals surface area contributed by atoms with Crippen LogP contribution < -0.4 is 9.84 Å². The van der Waals surface area contributed by atoms with Gasteiger partial charge in [-0.3, -0.25) is 19.9 Å². The van der Waals surface area contributed by atoms with E-state index in [-0.39, 0.29) is 16.9 Å². The lowest BCUT2D eigenvalue weighted by atomic mass is 9.75. The summed E-state index contributed by atoms with van der Waals surface area (Å²) in [5, 5.41) is 23.5. The molecular weight excluding hydrogens is 372 g/mol. The predicted octanol–water partition coefficient (Wildman–Crippen LogP) is 1.47. The summed E-state index contributed by atoms with van der Waals surface area (Å²) in [6, 6.07) is 2.30. The number of rotatable bonds is 5. The normalized spacial score (nSPS) is 19.0. The van der Waals surface area contributed by atoms with Crippen LogP contribution in [0.5, 0.6) is 11.5 Å². The molecule has 0 bridgehead atoms. The molecule has 0 N–H and O–H groups in total. The fourth-order valence-electron chi connectivity index (χ4n) is 3.28. The van der Waals surface area contributed by atoms with Crippen molar-refractivity contribution in [2.45, 2.75) is 19.8 Å². The van der Waals surface area contributed by atoms with Gasteiger partial charge in [0.05, 0.1) is 31.8 Å². The van der Waals surface area contributed by atoms with Crippen molar-refractivity contribution in [2.75, 3.05) is 21.3 Å². The summed E-state index contributed by atoms with van der Waals surface area (Å²) in [7, 11) is 3.54. The van der Waals surface area contributed by atoms with E-state index in [1.54, 1.807) is 13.8 Å². The second-order valence-corrected chi connectivity index (χ2v) is 6.05. The first-order valence-corrected chi connectivity index (χ1v) is 8.13. The molecule has 0 saturated carbocycles. The highest BCUT2D eigenvalue weighted by Gasteiger charge is 2.42. The lowest BCUT2D eigenvalue weighted by Gasteiger charge is -2.31. The molecule has 1 unspecified atom stereocenters. The van der Waals surface area contributed by atoms with Crippen molar-refractivity contribution in [1.82, 2.24) is 0 Å². The van der Waals surface area contributed by atoms with Crippen LogP contribution in [-0.2, 0) is 19.1 Å². The Morgan fingerprint density at radius 1 is 1.14 bits per heavy atom. The maximum absolute atomic E-state index is 12.5. The SMILES string of the molecule is COC(=O)C1=C(C)N=C(C)C(C(=O)OC)[C@@H]1c1cc(OC)c([O-])c([N+](=O)[O-])c1. The van der Waals surface area contributed by atoms with Crippen LogP contribution in [0.25, 0.3) is 0 Å². The topological polar surface area (TPSA) is 140 Å². The van der Waals surface area contributed by atoms with Crippen molar-refractivity contribution in [1.29, 1.82) is 0 Å². The largest absolute Gasteiger partial charge is 0.865 e. The van der Waals surface area contributed by atoms with Crippen LogP contribution in [-0.4, -0.2) is 43.9 Å². The zero-order valence-corrected chi connectivity index (χ0v) is 16.0. The average Bonchev–Trinajstić information content (AvgIpc) is 2.66. The third-order valence-electron chi connectivity index (χ3n) is 4.52. The summed E-state index contributed by atoms with van der Waals surface area (Å²) >= 11 is 0. The lowest BCUT2D eigenvalue weighted by molar-refractivity contribution is -0.398. The molecule has 0 aromatic heterocycles. The number of aliphatic imine (C=N–C) groups is 1. The summed E-state index contributed by atoms with van der Waals surface area (Å²) < 4.78 is 14.6. The van der Waals surface area contributed by atoms with Crippen LogP contribution in [0, 0.1) is 16.0 Å². The van der Waals surface area contributed by atoms with E-state index >= 15 is 0 Å². The molecule has 0 saturated heterocycles. The van der Waals surface area contributed by atoms with E-state index in [4.69, 9.17) is 14.2 Å². The number of nitro groups is 1. The first-order valence-electron chi connectivity index (χ1n) is 8.13. The lowest BCUT2D eigenvalue weighted by Crippen LogP contribution is -2.36. The van der Waals surface area contributed by atoms with E-state index in [0.29, 0.717) is 11.4 Å². The van der Waals surface area contributed by atoms with E-state index < -0.39 is 40.1 Å². The van der Waals surface area contributed by atoms with Gasteiger partial charge in [0.25, 0.3) is 5.69 Å². The molecule has 2 rings (SSSR count). The number of esters is 2. The summed E-state index contributed by atoms with van der Waals surface area (Å²) in [4.78, 5) is 39.6. The van der Waals surface area contributed by atoms with Gasteiger partial charge in [0.2, 0.25) is 0 Å². The summed E-state index contributed by atoms with van der Waals surface area (Å²) in [6.07, 6.45) is 0. The zero-order chi connectivity index (χ0) is 21.2. The van der Waals surface area contributed by atoms with E-state index in [9.17, 15) is 24.8 Å². The van der Waals surface area contributed by atoms with Gasteiger partial charge in [-0.1, -0.05) is 0 Å². The van der Waals surface area contributed by atoms with Crippen LogP contribution in [0.3, 0.4) is 0 Å². The standard InChI is InChI=1S/C18H20N2O8/c1-8-13(17(22)27-4)15(14(9(2)19-8)18(23)28-5)10-6-11(20(24)25)16(21)12(7-10)26-3/h6-7,13,15,21H,1-5H3/p-1/t13?,15-/m0/s1. The van der Waals surface area contributed by atoms with Crippen LogP contribution in [0.1, 0.15) is 25.3 Å². The Morgan fingerprint density at radius 2 is 1.79 bits per heavy atom. The summed E-state index contributed by atoms with van der Waals surface area (Å²) in [6.45, 7) is 3.14. The molecule has 10 nitrogen and oxygen atoms in total. The summed E-state index contributed by atoms with van der Waals surface area (Å²) in [5.41, 5.74) is 0.114. The number of hydrogen-bond donors (Lipinski definition) is 0. The molecule has 0 amide bonds. The van der Waals surface area contributed by atoms with E-state index in [1.807, 2.05) is 0 Å². The minimum Gasteiger partial charge on any atom is -0.865 e. The minimum atomic E-state index is -1.04. The van der Waals surface area contributed by atoms with Crippen LogP contribution in [0.2, 0.25) is 0 Å². The molecule has 0 radical (unpaired) electrons. The molecule has 1 aliphatic rings. The Morgan fingerprint density at radius 3 is 2.29 bits per heavy atom. The highest BCUT2D eigenvalue weighted by molar-refractivity contribution is 6.07. The van der Waals surface area contributed by atoms with Crippen molar-refractivity contribution in [3.05, 3.63) is 39.1 Å². The van der Waals surface area contributed by atoms with Gasteiger partial charge >= 0.3 is 11.9 Å². The van der Waals surface area contributed by atoms with Gasteiger partial charge < -0.3 is 19.3 Å². The third-order valence-corrected chi connectivity index (χ3v) is 4.52. The van der Waals surface area contributed by atoms with Gasteiger partial charge in [0.15, 0.2) is 0 Å². The molecule has 0 fully saturated rings. The number of hydrogen-bond acceptors (Lipinski definition) is 9. The number of allylic oxidation sites excluding steroid dienone is 1. The second-order valence-electron chi connectivity index (χ2n) is 6.05. The number of nitrogens with zero attached hydrogens (tertiary/aromatic N) is 2. The molecule has 10 heteroatoms. The van der Waals surface area contributed by atoms with Crippen LogP contribution >= 0.6 is 0 Å². The first-order chi connectivity index (χ1) is 13.2. The van der Waals surface area contributed by atoms with E-state index in [1.165, 1.54) is 27.4 Å². The molecule has 1 aliphatic heterocycles. The van der Waals surface area contributed by atoms with Crippen molar-refractivity contribution in [2.24, 2.45) is 10.9 Å². The zero-order valence-electron chi connectivity index (χ0n) is 16.0. The van der Waals surface area contributed by atoms with Gasteiger partial charge in [-0.25, -0.2) is 4.79 Å². The second kappa shape index (κ2) is 8.07. The van der Waals surface area contributed by atoms with Gasteiger partial charge in [0.1, 0.15) is 11.7 Å². The van der Waals surface area contributed by atoms with Gasteiger partial charge in [-0.05, 0) is 25.5 Å². The fourth-order valence-corrected chi connectivity index (χ4v) is 3.28. The number of nitro benzene ring substituents is 1. The molecular formula is C18H19N2O8-. The molecule has 0 spiro atoms. The molecule has 1 heterocycles. The number of carbonyl (C=O) groups excluding carboxylic acids is 2. The minimum absolute atomic E-state index is 0.0403. The maximum Gasteiger partial charge on any atom is 0.336 e. The van der Waals surface area contributed by atoms with E-state index in [0.717, 1.165) is 6.07 Å². The van der Waals surface area contributed by atoms with Crippen molar-refractivity contribution >= 4 is 23.3 Å². The Balaban J connectivity index is 2.84. The Bertz CT molecular complexity index is 903. The number of methoxy groups -OCH3 is 3. The molecule has 28 heavy (non-hydrogen) atoms.